The molecule has 2 heterocycles. The van der Waals surface area contributed by atoms with E-state index in [1.54, 1.807) is 11.1 Å². The van der Waals surface area contributed by atoms with Gasteiger partial charge in [0.1, 0.15) is 0 Å². The van der Waals surface area contributed by atoms with Crippen molar-refractivity contribution < 1.29 is 29.6 Å². The van der Waals surface area contributed by atoms with Crippen LogP contribution in [0.3, 0.4) is 0 Å². The van der Waals surface area contributed by atoms with E-state index in [1.807, 2.05) is 0 Å². The minimum absolute atomic E-state index is 0.186. The van der Waals surface area contributed by atoms with Crippen LogP contribution in [0.5, 0.6) is 0 Å². The van der Waals surface area contributed by atoms with Crippen LogP contribution in [-0.4, -0.2) is 51.3 Å². The van der Waals surface area contributed by atoms with Crippen molar-refractivity contribution in [1.29, 1.82) is 0 Å². The summed E-state index contributed by atoms with van der Waals surface area (Å²) >= 11 is 0. The van der Waals surface area contributed by atoms with E-state index in [9.17, 15) is 20.1 Å². The average Bonchev–Trinajstić information content (AvgIpc) is 3.25. The summed E-state index contributed by atoms with van der Waals surface area (Å²) in [7, 11) is 0. The molecule has 0 bridgehead atoms. The van der Waals surface area contributed by atoms with E-state index in [1.165, 1.54) is 6.42 Å². The lowest BCUT2D eigenvalue weighted by atomic mass is 9.59. The number of rotatable bonds is 1. The van der Waals surface area contributed by atoms with Crippen molar-refractivity contribution in [3.63, 3.8) is 0 Å². The maximum atomic E-state index is 12.9. The van der Waals surface area contributed by atoms with Crippen molar-refractivity contribution in [3.05, 3.63) is 22.5 Å². The number of ether oxygens (including phenoxy) is 2. The van der Waals surface area contributed by atoms with Gasteiger partial charge in [0.25, 0.3) is 0 Å². The number of hydrogen-bond acceptors (Lipinski definition) is 6. The summed E-state index contributed by atoms with van der Waals surface area (Å²) in [4.78, 5) is 12.9. The van der Waals surface area contributed by atoms with Crippen LogP contribution in [0, 0.1) is 29.1 Å². The zero-order valence-corrected chi connectivity index (χ0v) is 18.0. The highest BCUT2D eigenvalue weighted by molar-refractivity contribution is 6.03. The first-order chi connectivity index (χ1) is 14.1. The maximum absolute atomic E-state index is 12.9. The first kappa shape index (κ1) is 19.5. The van der Waals surface area contributed by atoms with Gasteiger partial charge in [-0.05, 0) is 67.3 Å². The summed E-state index contributed by atoms with van der Waals surface area (Å²) < 4.78 is 11.9. The molecule has 6 aliphatic rings. The van der Waals surface area contributed by atoms with Gasteiger partial charge in [0.15, 0.2) is 23.3 Å². The molecule has 0 aromatic rings. The van der Waals surface area contributed by atoms with Crippen LogP contribution in [0.15, 0.2) is 22.5 Å². The molecule has 4 aliphatic carbocycles. The fourth-order valence-electron chi connectivity index (χ4n) is 8.05. The monoisotopic (exact) mass is 416 g/mol. The first-order valence-electron chi connectivity index (χ1n) is 11.6. The SMILES string of the molecule is CC(C)C1=C2[C@H]3CCC4=C(O)C(=O)[C@@]5(O)CO[C@H]6O[C@H]([C@@H]3CC[C@@]2(C)CC1)[C@@H]4[C@]65O. The van der Waals surface area contributed by atoms with Gasteiger partial charge in [0.2, 0.25) is 5.78 Å². The minimum atomic E-state index is -2.14. The summed E-state index contributed by atoms with van der Waals surface area (Å²) in [6, 6.07) is 0. The molecule has 2 aliphatic heterocycles. The molecule has 6 rings (SSSR count). The number of aliphatic hydroxyl groups is 3. The predicted molar refractivity (Wildman–Crippen MR) is 107 cm³/mol. The summed E-state index contributed by atoms with van der Waals surface area (Å²) in [6.45, 7) is 6.59. The second kappa shape index (κ2) is 5.77. The molecule has 3 N–H and O–H groups in total. The highest BCUT2D eigenvalue weighted by Gasteiger charge is 2.78. The summed E-state index contributed by atoms with van der Waals surface area (Å²) in [5.41, 5.74) is -0.0459. The van der Waals surface area contributed by atoms with E-state index < -0.39 is 29.2 Å². The Morgan fingerprint density at radius 1 is 1.13 bits per heavy atom. The Morgan fingerprint density at radius 2 is 1.90 bits per heavy atom. The summed E-state index contributed by atoms with van der Waals surface area (Å²) in [5, 5.41) is 33.6. The molecule has 0 unspecified atom stereocenters. The number of Topliss-reactive ketones (excluding diaryl/α,β-unsaturated/α-hetero) is 1. The normalized spacial score (nSPS) is 51.9. The smallest absolute Gasteiger partial charge is 0.234 e. The number of ketones is 1. The Labute approximate surface area is 176 Å². The minimum Gasteiger partial charge on any atom is -0.504 e. The van der Waals surface area contributed by atoms with Crippen molar-refractivity contribution in [2.24, 2.45) is 29.1 Å². The highest BCUT2D eigenvalue weighted by Crippen LogP contribution is 2.65. The number of hydrogen-bond donors (Lipinski definition) is 3. The molecular weight excluding hydrogens is 384 g/mol. The second-order valence-electron chi connectivity index (χ2n) is 11.1. The third kappa shape index (κ3) is 1.98. The fourth-order valence-corrected chi connectivity index (χ4v) is 8.05. The molecule has 6 heteroatoms. The Balaban J connectivity index is 1.52. The lowest BCUT2D eigenvalue weighted by Crippen LogP contribution is -2.66. The van der Waals surface area contributed by atoms with Gasteiger partial charge < -0.3 is 24.8 Å². The van der Waals surface area contributed by atoms with Crippen LogP contribution in [0.25, 0.3) is 0 Å². The van der Waals surface area contributed by atoms with Crippen LogP contribution >= 0.6 is 0 Å². The lowest BCUT2D eigenvalue weighted by molar-refractivity contribution is -0.186. The maximum Gasteiger partial charge on any atom is 0.234 e. The van der Waals surface area contributed by atoms with Crippen molar-refractivity contribution in [2.75, 3.05) is 6.61 Å². The van der Waals surface area contributed by atoms with Gasteiger partial charge in [-0.1, -0.05) is 31.9 Å². The predicted octanol–water partition coefficient (Wildman–Crippen LogP) is 2.79. The van der Waals surface area contributed by atoms with Gasteiger partial charge in [0, 0.05) is 5.92 Å². The Hall–Kier alpha value is -1.21. The molecule has 4 fully saturated rings. The number of carbonyl (C=O) groups is 1. The first-order valence-corrected chi connectivity index (χ1v) is 11.6. The quantitative estimate of drug-likeness (QED) is 0.569. The molecule has 0 spiro atoms. The van der Waals surface area contributed by atoms with Crippen molar-refractivity contribution in [1.82, 2.24) is 0 Å². The van der Waals surface area contributed by atoms with Crippen LogP contribution in [0.4, 0.5) is 0 Å². The molecule has 6 nitrogen and oxygen atoms in total. The standard InChI is InChI=1S/C24H32O6/c1-11(2)12-6-8-22(3)9-7-14-13(16(12)22)4-5-15-17-19(14)30-21-24(17,28)23(27,10-29-21)20(26)18(15)25/h11,13-14,17,19,21,25,27-28H,4-10H2,1-3H3/t13-,14+,17+,19+,21-,22+,23-,24-/m0/s1. The van der Waals surface area contributed by atoms with E-state index in [0.717, 1.165) is 25.7 Å². The van der Waals surface area contributed by atoms with Gasteiger partial charge in [-0.3, -0.25) is 4.79 Å². The van der Waals surface area contributed by atoms with Crippen molar-refractivity contribution in [3.8, 4) is 0 Å². The van der Waals surface area contributed by atoms with Crippen molar-refractivity contribution in [2.45, 2.75) is 82.9 Å². The molecule has 8 atom stereocenters. The van der Waals surface area contributed by atoms with Crippen LogP contribution in [0.1, 0.15) is 59.3 Å². The Kier molecular flexibility index (Phi) is 3.75. The van der Waals surface area contributed by atoms with Gasteiger partial charge >= 0.3 is 0 Å². The highest BCUT2D eigenvalue weighted by atomic mass is 16.7. The third-order valence-electron chi connectivity index (χ3n) is 9.52. The van der Waals surface area contributed by atoms with E-state index in [-0.39, 0.29) is 29.8 Å². The van der Waals surface area contributed by atoms with Crippen molar-refractivity contribution >= 4 is 5.78 Å². The molecular formula is C24H32O6. The third-order valence-corrected chi connectivity index (χ3v) is 9.52. The van der Waals surface area contributed by atoms with Gasteiger partial charge in [-0.15, -0.1) is 0 Å². The molecule has 2 saturated heterocycles. The molecule has 30 heavy (non-hydrogen) atoms. The lowest BCUT2D eigenvalue weighted by Gasteiger charge is -2.46. The fraction of sp³-hybridized carbons (Fsp3) is 0.792. The molecule has 164 valence electrons. The summed E-state index contributed by atoms with van der Waals surface area (Å²) in [5.74, 6) is -0.798. The number of allylic oxidation sites excluding steroid dienone is 2. The second-order valence-corrected chi connectivity index (χ2v) is 11.1. The van der Waals surface area contributed by atoms with Crippen LogP contribution in [0.2, 0.25) is 0 Å². The largest absolute Gasteiger partial charge is 0.504 e. The van der Waals surface area contributed by atoms with E-state index >= 15 is 0 Å². The molecule has 0 amide bonds. The summed E-state index contributed by atoms with van der Waals surface area (Å²) in [6.07, 6.45) is 4.40. The molecule has 0 aromatic heterocycles. The number of fused-ring (bicyclic) bond motifs is 4. The Morgan fingerprint density at radius 3 is 2.63 bits per heavy atom. The van der Waals surface area contributed by atoms with E-state index in [4.69, 9.17) is 9.47 Å². The van der Waals surface area contributed by atoms with Crippen LogP contribution in [-0.2, 0) is 14.3 Å². The van der Waals surface area contributed by atoms with E-state index in [0.29, 0.717) is 23.8 Å². The van der Waals surface area contributed by atoms with E-state index in [2.05, 4.69) is 20.8 Å². The number of aliphatic hydroxyl groups excluding tert-OH is 1. The zero-order valence-electron chi connectivity index (χ0n) is 18.0. The molecule has 0 radical (unpaired) electrons. The van der Waals surface area contributed by atoms with Gasteiger partial charge in [-0.2, -0.15) is 0 Å². The zero-order chi connectivity index (χ0) is 21.2. The average molecular weight is 417 g/mol. The van der Waals surface area contributed by atoms with Crippen LogP contribution < -0.4 is 0 Å². The van der Waals surface area contributed by atoms with Gasteiger partial charge in [-0.25, -0.2) is 0 Å². The topological polar surface area (TPSA) is 96.2 Å². The van der Waals surface area contributed by atoms with Gasteiger partial charge in [0.05, 0.1) is 12.7 Å². The molecule has 0 aromatic carbocycles. The number of carbonyl (C=O) groups excluding carboxylic acids is 1. The molecule has 2 saturated carbocycles. The Bertz CT molecular complexity index is 903.